The molecule has 1 atom stereocenters. The highest BCUT2D eigenvalue weighted by Gasteiger charge is 2.41. The Hall–Kier alpha value is -1.55. The first kappa shape index (κ1) is 25.1. The molecule has 1 fully saturated rings. The second kappa shape index (κ2) is 11.0. The summed E-state index contributed by atoms with van der Waals surface area (Å²) in [5.74, 6) is 1.77. The molecule has 4 nitrogen and oxygen atoms in total. The smallest absolute Gasteiger partial charge is 0.226 e. The van der Waals surface area contributed by atoms with Gasteiger partial charge in [-0.05, 0) is 87.5 Å². The third-order valence-corrected chi connectivity index (χ3v) is 7.33. The number of carbonyl (C=O) groups is 1. The standard InChI is InChI=1S/C28H46N2O2/c1-22(2)20-24-21-32-25-12-7-6-10-23(25)11-8-9-13-28(26(31)29-24)15-18-30(19-16-28)17-14-27(3,4)5/h6-7,10,12,22,24H,8-9,11,13-21H2,1-5H3,(H,29,31)/t24-/m0/s1. The van der Waals surface area contributed by atoms with E-state index in [0.29, 0.717) is 17.9 Å². The Morgan fingerprint density at radius 2 is 1.84 bits per heavy atom. The fraction of sp³-hybridized carbons (Fsp3) is 0.750. The van der Waals surface area contributed by atoms with Crippen molar-refractivity contribution in [3.05, 3.63) is 29.8 Å². The first-order valence-electron chi connectivity index (χ1n) is 12.9. The van der Waals surface area contributed by atoms with Crippen LogP contribution in [0.4, 0.5) is 0 Å². The molecule has 1 aromatic carbocycles. The van der Waals surface area contributed by atoms with Gasteiger partial charge in [0.15, 0.2) is 0 Å². The number of rotatable bonds is 4. The molecule has 2 heterocycles. The highest BCUT2D eigenvalue weighted by Crippen LogP contribution is 2.38. The number of fused-ring (bicyclic) bond motifs is 1. The predicted octanol–water partition coefficient (Wildman–Crippen LogP) is 5.84. The Bertz CT molecular complexity index is 729. The summed E-state index contributed by atoms with van der Waals surface area (Å²) in [4.78, 5) is 16.3. The van der Waals surface area contributed by atoms with Crippen LogP contribution in [-0.4, -0.2) is 43.1 Å². The van der Waals surface area contributed by atoms with E-state index in [9.17, 15) is 4.79 Å². The van der Waals surface area contributed by atoms with Crippen LogP contribution in [0.5, 0.6) is 5.75 Å². The van der Waals surface area contributed by atoms with Crippen molar-refractivity contribution in [2.24, 2.45) is 16.7 Å². The normalized spacial score (nSPS) is 23.1. The number of aryl methyl sites for hydroxylation is 1. The molecule has 3 rings (SSSR count). The number of para-hydroxylation sites is 1. The van der Waals surface area contributed by atoms with Crippen LogP contribution in [0, 0.1) is 16.7 Å². The maximum Gasteiger partial charge on any atom is 0.226 e. The van der Waals surface area contributed by atoms with Crippen LogP contribution in [0.1, 0.15) is 85.1 Å². The minimum Gasteiger partial charge on any atom is -0.491 e. The Labute approximate surface area is 196 Å². The monoisotopic (exact) mass is 442 g/mol. The van der Waals surface area contributed by atoms with E-state index in [4.69, 9.17) is 4.74 Å². The second-order valence-corrected chi connectivity index (χ2v) is 11.9. The molecule has 1 saturated heterocycles. The van der Waals surface area contributed by atoms with Gasteiger partial charge in [0.1, 0.15) is 12.4 Å². The van der Waals surface area contributed by atoms with Crippen LogP contribution >= 0.6 is 0 Å². The number of nitrogens with zero attached hydrogens (tertiary/aromatic N) is 1. The summed E-state index contributed by atoms with van der Waals surface area (Å²) in [6, 6.07) is 8.48. The van der Waals surface area contributed by atoms with E-state index in [1.165, 1.54) is 12.0 Å². The average molecular weight is 443 g/mol. The van der Waals surface area contributed by atoms with Gasteiger partial charge in [-0.15, -0.1) is 0 Å². The molecule has 0 unspecified atom stereocenters. The van der Waals surface area contributed by atoms with E-state index in [0.717, 1.165) is 70.3 Å². The molecule has 0 aliphatic carbocycles. The molecule has 1 N–H and O–H groups in total. The van der Waals surface area contributed by atoms with Gasteiger partial charge in [0, 0.05) is 0 Å². The topological polar surface area (TPSA) is 41.6 Å². The van der Waals surface area contributed by atoms with Crippen LogP contribution < -0.4 is 10.1 Å². The van der Waals surface area contributed by atoms with E-state index in [-0.39, 0.29) is 17.4 Å². The number of hydrogen-bond acceptors (Lipinski definition) is 3. The van der Waals surface area contributed by atoms with Crippen molar-refractivity contribution >= 4 is 5.91 Å². The lowest BCUT2D eigenvalue weighted by atomic mass is 9.73. The van der Waals surface area contributed by atoms with Crippen molar-refractivity contribution in [3.8, 4) is 5.75 Å². The largest absolute Gasteiger partial charge is 0.491 e. The van der Waals surface area contributed by atoms with Gasteiger partial charge in [0.2, 0.25) is 5.91 Å². The zero-order valence-corrected chi connectivity index (χ0v) is 21.2. The molecular formula is C28H46N2O2. The average Bonchev–Trinajstić information content (AvgIpc) is 2.73. The van der Waals surface area contributed by atoms with Crippen LogP contribution in [0.2, 0.25) is 0 Å². The lowest BCUT2D eigenvalue weighted by Crippen LogP contribution is -2.52. The van der Waals surface area contributed by atoms with E-state index < -0.39 is 0 Å². The van der Waals surface area contributed by atoms with Crippen LogP contribution in [0.3, 0.4) is 0 Å². The molecule has 1 amide bonds. The molecule has 0 saturated carbocycles. The van der Waals surface area contributed by atoms with Crippen molar-refractivity contribution in [2.45, 2.75) is 92.0 Å². The molecule has 1 spiro atoms. The van der Waals surface area contributed by atoms with Gasteiger partial charge in [0.05, 0.1) is 11.5 Å². The highest BCUT2D eigenvalue weighted by atomic mass is 16.5. The number of benzene rings is 1. The molecule has 4 heteroatoms. The number of ether oxygens (including phenoxy) is 1. The van der Waals surface area contributed by atoms with E-state index in [2.05, 4.69) is 63.0 Å². The molecule has 180 valence electrons. The Morgan fingerprint density at radius 1 is 1.12 bits per heavy atom. The van der Waals surface area contributed by atoms with Gasteiger partial charge < -0.3 is 15.0 Å². The third-order valence-electron chi connectivity index (χ3n) is 7.33. The maximum atomic E-state index is 13.7. The third kappa shape index (κ3) is 7.23. The minimum atomic E-state index is -0.216. The number of amides is 1. The van der Waals surface area contributed by atoms with Crippen LogP contribution in [-0.2, 0) is 11.2 Å². The minimum absolute atomic E-state index is 0.0609. The number of piperidine rings is 1. The molecule has 0 radical (unpaired) electrons. The molecule has 2 aliphatic heterocycles. The summed E-state index contributed by atoms with van der Waals surface area (Å²) in [7, 11) is 0. The molecule has 32 heavy (non-hydrogen) atoms. The maximum absolute atomic E-state index is 13.7. The summed E-state index contributed by atoms with van der Waals surface area (Å²) in [6.07, 6.45) is 8.35. The van der Waals surface area contributed by atoms with E-state index in [1.54, 1.807) is 0 Å². The van der Waals surface area contributed by atoms with Gasteiger partial charge in [-0.1, -0.05) is 59.2 Å². The predicted molar refractivity (Wildman–Crippen MR) is 133 cm³/mol. The Kier molecular flexibility index (Phi) is 8.66. The zero-order chi connectivity index (χ0) is 23.2. The van der Waals surface area contributed by atoms with Crippen LogP contribution in [0.25, 0.3) is 0 Å². The summed E-state index contributed by atoms with van der Waals surface area (Å²) >= 11 is 0. The first-order chi connectivity index (χ1) is 15.2. The lowest BCUT2D eigenvalue weighted by Gasteiger charge is -2.42. The fourth-order valence-corrected chi connectivity index (χ4v) is 5.19. The number of hydrogen-bond donors (Lipinski definition) is 1. The quantitative estimate of drug-likeness (QED) is 0.637. The SMILES string of the molecule is CC(C)C[C@H]1COc2ccccc2CCCCC2(CCN(CCC(C)(C)C)CC2)C(=O)N1. The molecular weight excluding hydrogens is 396 g/mol. The van der Waals surface area contributed by atoms with Crippen molar-refractivity contribution in [2.75, 3.05) is 26.2 Å². The van der Waals surface area contributed by atoms with Crippen molar-refractivity contribution < 1.29 is 9.53 Å². The molecule has 2 aliphatic rings. The molecule has 0 bridgehead atoms. The fourth-order valence-electron chi connectivity index (χ4n) is 5.19. The van der Waals surface area contributed by atoms with Gasteiger partial charge in [-0.25, -0.2) is 0 Å². The van der Waals surface area contributed by atoms with Crippen molar-refractivity contribution in [1.29, 1.82) is 0 Å². The van der Waals surface area contributed by atoms with E-state index in [1.807, 2.05) is 6.07 Å². The van der Waals surface area contributed by atoms with Gasteiger partial charge in [0.25, 0.3) is 0 Å². The number of carbonyl (C=O) groups excluding carboxylic acids is 1. The molecule has 0 aromatic heterocycles. The van der Waals surface area contributed by atoms with Crippen molar-refractivity contribution in [1.82, 2.24) is 10.2 Å². The van der Waals surface area contributed by atoms with Crippen LogP contribution in [0.15, 0.2) is 24.3 Å². The lowest BCUT2D eigenvalue weighted by molar-refractivity contribution is -0.135. The Balaban J connectivity index is 1.72. The first-order valence-corrected chi connectivity index (χ1v) is 12.9. The molecule has 1 aromatic rings. The second-order valence-electron chi connectivity index (χ2n) is 11.9. The summed E-state index contributed by atoms with van der Waals surface area (Å²) in [6.45, 7) is 15.2. The van der Waals surface area contributed by atoms with Gasteiger partial charge >= 0.3 is 0 Å². The van der Waals surface area contributed by atoms with Gasteiger partial charge in [-0.2, -0.15) is 0 Å². The zero-order valence-electron chi connectivity index (χ0n) is 21.2. The van der Waals surface area contributed by atoms with E-state index >= 15 is 0 Å². The number of nitrogens with one attached hydrogen (secondary N) is 1. The summed E-state index contributed by atoms with van der Waals surface area (Å²) in [5.41, 5.74) is 1.44. The van der Waals surface area contributed by atoms with Gasteiger partial charge in [-0.3, -0.25) is 4.79 Å². The highest BCUT2D eigenvalue weighted by molar-refractivity contribution is 5.83. The van der Waals surface area contributed by atoms with Crippen molar-refractivity contribution in [3.63, 3.8) is 0 Å². The number of likely N-dealkylation sites (tertiary alicyclic amines) is 1. The Morgan fingerprint density at radius 3 is 2.53 bits per heavy atom. The summed E-state index contributed by atoms with van der Waals surface area (Å²) in [5, 5.41) is 3.45. The summed E-state index contributed by atoms with van der Waals surface area (Å²) < 4.78 is 6.26.